The van der Waals surface area contributed by atoms with Gasteiger partial charge in [-0.1, -0.05) is 47.7 Å². The first-order chi connectivity index (χ1) is 11.7. The first-order valence-corrected chi connectivity index (χ1v) is 7.39. The first kappa shape index (κ1) is 15.7. The van der Waals surface area contributed by atoms with Gasteiger partial charge in [0, 0.05) is 0 Å². The van der Waals surface area contributed by atoms with Crippen LogP contribution in [0.1, 0.15) is 16.1 Å². The third-order valence-electron chi connectivity index (χ3n) is 3.60. The minimum atomic E-state index is -0.522. The van der Waals surface area contributed by atoms with E-state index in [1.165, 1.54) is 7.11 Å². The number of nitrogens with zero attached hydrogens (tertiary/aromatic N) is 3. The summed E-state index contributed by atoms with van der Waals surface area (Å²) in [5.74, 6) is -0.990. The van der Waals surface area contributed by atoms with Crippen LogP contribution in [0.15, 0.2) is 48.7 Å². The average Bonchev–Trinajstić information content (AvgIpc) is 3.08. The maximum atomic E-state index is 11.9. The molecule has 0 spiro atoms. The lowest BCUT2D eigenvalue weighted by atomic mass is 10.0. The molecule has 0 bridgehead atoms. The molecule has 0 aliphatic heterocycles. The SMILES string of the molecule is COC(=O)CNC(=O)c1cn(Cc2cccc3ccccc23)nn1. The van der Waals surface area contributed by atoms with Crippen LogP contribution in [-0.4, -0.2) is 40.5 Å². The van der Waals surface area contributed by atoms with Gasteiger partial charge in [0.15, 0.2) is 5.69 Å². The maximum Gasteiger partial charge on any atom is 0.325 e. The van der Waals surface area contributed by atoms with Gasteiger partial charge in [-0.25, -0.2) is 4.68 Å². The summed E-state index contributed by atoms with van der Waals surface area (Å²) >= 11 is 0. The Hall–Kier alpha value is -3.22. The number of hydrogen-bond acceptors (Lipinski definition) is 5. The van der Waals surface area contributed by atoms with Crippen molar-refractivity contribution in [2.45, 2.75) is 6.54 Å². The monoisotopic (exact) mass is 324 g/mol. The van der Waals surface area contributed by atoms with Gasteiger partial charge >= 0.3 is 5.97 Å². The van der Waals surface area contributed by atoms with Gasteiger partial charge in [-0.05, 0) is 16.3 Å². The Morgan fingerprint density at radius 3 is 2.79 bits per heavy atom. The minimum Gasteiger partial charge on any atom is -0.468 e. The van der Waals surface area contributed by atoms with Crippen molar-refractivity contribution >= 4 is 22.6 Å². The molecule has 0 saturated heterocycles. The number of benzene rings is 2. The van der Waals surface area contributed by atoms with E-state index in [1.54, 1.807) is 10.9 Å². The number of aromatic nitrogens is 3. The van der Waals surface area contributed by atoms with E-state index >= 15 is 0 Å². The van der Waals surface area contributed by atoms with E-state index in [9.17, 15) is 9.59 Å². The second kappa shape index (κ2) is 6.91. The van der Waals surface area contributed by atoms with E-state index in [4.69, 9.17) is 0 Å². The van der Waals surface area contributed by atoms with Crippen molar-refractivity contribution in [2.24, 2.45) is 0 Å². The number of amides is 1. The van der Waals surface area contributed by atoms with Gasteiger partial charge in [-0.3, -0.25) is 9.59 Å². The van der Waals surface area contributed by atoms with Crippen LogP contribution < -0.4 is 5.32 Å². The summed E-state index contributed by atoms with van der Waals surface area (Å²) in [6.45, 7) is 0.296. The molecule has 122 valence electrons. The highest BCUT2D eigenvalue weighted by Crippen LogP contribution is 2.19. The topological polar surface area (TPSA) is 86.1 Å². The van der Waals surface area contributed by atoms with Gasteiger partial charge in [-0.15, -0.1) is 5.10 Å². The Kier molecular flexibility index (Phi) is 4.51. The standard InChI is InChI=1S/C17H16N4O3/c1-24-16(22)9-18-17(23)15-11-21(20-19-15)10-13-7-4-6-12-5-2-3-8-14(12)13/h2-8,11H,9-10H2,1H3,(H,18,23). The van der Waals surface area contributed by atoms with Gasteiger partial charge in [-0.2, -0.15) is 0 Å². The van der Waals surface area contributed by atoms with Crippen molar-refractivity contribution in [3.63, 3.8) is 0 Å². The number of esters is 1. The minimum absolute atomic E-state index is 0.152. The Morgan fingerprint density at radius 2 is 1.96 bits per heavy atom. The van der Waals surface area contributed by atoms with Gasteiger partial charge in [0.1, 0.15) is 6.54 Å². The molecule has 0 radical (unpaired) electrons. The van der Waals surface area contributed by atoms with Crippen LogP contribution in [0, 0.1) is 0 Å². The lowest BCUT2D eigenvalue weighted by Crippen LogP contribution is -2.30. The fraction of sp³-hybridized carbons (Fsp3) is 0.176. The van der Waals surface area contributed by atoms with E-state index < -0.39 is 11.9 Å². The summed E-state index contributed by atoms with van der Waals surface area (Å²) < 4.78 is 6.06. The van der Waals surface area contributed by atoms with E-state index in [-0.39, 0.29) is 12.2 Å². The fourth-order valence-corrected chi connectivity index (χ4v) is 2.40. The van der Waals surface area contributed by atoms with Crippen molar-refractivity contribution in [2.75, 3.05) is 13.7 Å². The third-order valence-corrected chi connectivity index (χ3v) is 3.60. The molecule has 7 nitrogen and oxygen atoms in total. The molecule has 0 fully saturated rings. The molecule has 24 heavy (non-hydrogen) atoms. The van der Waals surface area contributed by atoms with Gasteiger partial charge < -0.3 is 10.1 Å². The second-order valence-electron chi connectivity index (χ2n) is 5.20. The molecular weight excluding hydrogens is 308 g/mol. The second-order valence-corrected chi connectivity index (χ2v) is 5.20. The highest BCUT2D eigenvalue weighted by molar-refractivity contribution is 5.93. The predicted octanol–water partition coefficient (Wildman–Crippen LogP) is 1.38. The summed E-state index contributed by atoms with van der Waals surface area (Å²) in [4.78, 5) is 22.9. The van der Waals surface area contributed by atoms with Crippen LogP contribution in [0.5, 0.6) is 0 Å². The zero-order chi connectivity index (χ0) is 16.9. The summed E-state index contributed by atoms with van der Waals surface area (Å²) in [7, 11) is 1.26. The number of carbonyl (C=O) groups is 2. The highest BCUT2D eigenvalue weighted by atomic mass is 16.5. The van der Waals surface area contributed by atoms with E-state index in [0.29, 0.717) is 6.54 Å². The number of carbonyl (C=O) groups excluding carboxylic acids is 2. The molecule has 1 heterocycles. The average molecular weight is 324 g/mol. The van der Waals surface area contributed by atoms with Crippen molar-refractivity contribution in [3.8, 4) is 0 Å². The first-order valence-electron chi connectivity index (χ1n) is 7.39. The van der Waals surface area contributed by atoms with Crippen LogP contribution in [0.4, 0.5) is 0 Å². The van der Waals surface area contributed by atoms with Crippen LogP contribution in [0.3, 0.4) is 0 Å². The normalized spacial score (nSPS) is 10.5. The molecule has 1 N–H and O–H groups in total. The molecule has 0 aliphatic rings. The van der Waals surface area contributed by atoms with Crippen LogP contribution >= 0.6 is 0 Å². The molecular formula is C17H16N4O3. The number of hydrogen-bond donors (Lipinski definition) is 1. The molecule has 1 amide bonds. The van der Waals surface area contributed by atoms with E-state index in [2.05, 4.69) is 20.4 Å². The molecule has 3 rings (SSSR count). The Bertz CT molecular complexity index is 883. The lowest BCUT2D eigenvalue weighted by molar-refractivity contribution is -0.139. The largest absolute Gasteiger partial charge is 0.468 e. The van der Waals surface area contributed by atoms with Crippen LogP contribution in [0.2, 0.25) is 0 Å². The van der Waals surface area contributed by atoms with Gasteiger partial charge in [0.05, 0.1) is 19.9 Å². The molecule has 3 aromatic rings. The predicted molar refractivity (Wildman–Crippen MR) is 87.4 cm³/mol. The fourth-order valence-electron chi connectivity index (χ4n) is 2.40. The Balaban J connectivity index is 1.74. The lowest BCUT2D eigenvalue weighted by Gasteiger charge is -2.06. The van der Waals surface area contributed by atoms with Crippen molar-refractivity contribution in [1.29, 1.82) is 0 Å². The number of methoxy groups -OCH3 is 1. The summed E-state index contributed by atoms with van der Waals surface area (Å²) in [5.41, 5.74) is 1.23. The third kappa shape index (κ3) is 3.40. The van der Waals surface area contributed by atoms with Gasteiger partial charge in [0.25, 0.3) is 5.91 Å². The number of rotatable bonds is 5. The zero-order valence-corrected chi connectivity index (χ0v) is 13.1. The van der Waals surface area contributed by atoms with Crippen molar-refractivity contribution in [3.05, 3.63) is 59.9 Å². The molecule has 0 aliphatic carbocycles. The Labute approximate surface area is 138 Å². The number of ether oxygens (including phenoxy) is 1. The summed E-state index contributed by atoms with van der Waals surface area (Å²) in [5, 5.41) is 12.5. The zero-order valence-electron chi connectivity index (χ0n) is 13.1. The molecule has 0 unspecified atom stereocenters. The molecule has 2 aromatic carbocycles. The molecule has 1 aromatic heterocycles. The Morgan fingerprint density at radius 1 is 1.17 bits per heavy atom. The van der Waals surface area contributed by atoms with Gasteiger partial charge in [0.2, 0.25) is 0 Å². The highest BCUT2D eigenvalue weighted by Gasteiger charge is 2.12. The number of fused-ring (bicyclic) bond motifs is 1. The maximum absolute atomic E-state index is 11.9. The van der Waals surface area contributed by atoms with E-state index in [0.717, 1.165) is 16.3 Å². The molecule has 0 saturated carbocycles. The number of nitrogens with one attached hydrogen (secondary N) is 1. The quantitative estimate of drug-likeness (QED) is 0.717. The van der Waals surface area contributed by atoms with Crippen LogP contribution in [0.25, 0.3) is 10.8 Å². The van der Waals surface area contributed by atoms with E-state index in [1.807, 2.05) is 42.5 Å². The molecule has 7 heteroatoms. The summed E-state index contributed by atoms with van der Waals surface area (Å²) in [6.07, 6.45) is 1.55. The molecule has 0 atom stereocenters. The van der Waals surface area contributed by atoms with Crippen molar-refractivity contribution in [1.82, 2.24) is 20.3 Å². The van der Waals surface area contributed by atoms with Crippen LogP contribution in [-0.2, 0) is 16.1 Å². The van der Waals surface area contributed by atoms with Crippen molar-refractivity contribution < 1.29 is 14.3 Å². The summed E-state index contributed by atoms with van der Waals surface area (Å²) in [6, 6.07) is 14.1. The smallest absolute Gasteiger partial charge is 0.325 e.